The van der Waals surface area contributed by atoms with Crippen LogP contribution in [0.5, 0.6) is 10.9 Å². The summed E-state index contributed by atoms with van der Waals surface area (Å²) in [7, 11) is 0. The van der Waals surface area contributed by atoms with Crippen LogP contribution in [0.3, 0.4) is 0 Å². The van der Waals surface area contributed by atoms with Crippen LogP contribution in [0.4, 0.5) is 4.79 Å². The Balaban J connectivity index is 1.57. The van der Waals surface area contributed by atoms with Crippen molar-refractivity contribution in [2.45, 2.75) is 19.9 Å². The Hall–Kier alpha value is -3.13. The van der Waals surface area contributed by atoms with Crippen molar-refractivity contribution in [3.05, 3.63) is 48.4 Å². The van der Waals surface area contributed by atoms with Gasteiger partial charge in [-0.2, -0.15) is 4.98 Å². The normalized spacial score (nSPS) is 11.1. The lowest BCUT2D eigenvalue weighted by Gasteiger charge is -2.17. The molecule has 0 fully saturated rings. The number of thiazole rings is 1. The van der Waals surface area contributed by atoms with Crippen molar-refractivity contribution >= 4 is 38.7 Å². The first-order valence-corrected chi connectivity index (χ1v) is 9.33. The van der Waals surface area contributed by atoms with E-state index in [1.165, 1.54) is 16.2 Å². The van der Waals surface area contributed by atoms with Crippen molar-refractivity contribution in [1.29, 1.82) is 0 Å². The lowest BCUT2D eigenvalue weighted by atomic mass is 10.1. The first kappa shape index (κ1) is 17.3. The van der Waals surface area contributed by atoms with E-state index in [1.54, 1.807) is 18.5 Å². The number of furan rings is 1. The van der Waals surface area contributed by atoms with Crippen molar-refractivity contribution in [2.24, 2.45) is 0 Å². The maximum Gasteiger partial charge on any atom is 0.407 e. The maximum absolute atomic E-state index is 11.3. The molecule has 8 heteroatoms. The number of carbonyl (C=O) groups is 1. The van der Waals surface area contributed by atoms with E-state index in [0.717, 1.165) is 22.1 Å². The fourth-order valence-corrected chi connectivity index (χ4v) is 3.66. The van der Waals surface area contributed by atoms with E-state index >= 15 is 0 Å². The first-order valence-electron chi connectivity index (χ1n) is 8.51. The maximum atomic E-state index is 11.3. The minimum atomic E-state index is -0.935. The second-order valence-electron chi connectivity index (χ2n) is 6.03. The van der Waals surface area contributed by atoms with Gasteiger partial charge in [-0.3, -0.25) is 0 Å². The minimum absolute atomic E-state index is 0.292. The zero-order chi connectivity index (χ0) is 18.8. The number of aromatic nitrogens is 2. The third-order valence-corrected chi connectivity index (χ3v) is 4.99. The van der Waals surface area contributed by atoms with E-state index in [4.69, 9.17) is 9.15 Å². The summed E-state index contributed by atoms with van der Waals surface area (Å²) in [5.41, 5.74) is 2.13. The molecule has 1 amide bonds. The average Bonchev–Trinajstić information content (AvgIpc) is 3.24. The van der Waals surface area contributed by atoms with Crippen molar-refractivity contribution in [3.8, 4) is 10.9 Å². The molecule has 0 aliphatic heterocycles. The summed E-state index contributed by atoms with van der Waals surface area (Å²) in [6.45, 7) is 2.72. The van der Waals surface area contributed by atoms with Crippen molar-refractivity contribution in [3.63, 3.8) is 0 Å². The van der Waals surface area contributed by atoms with Gasteiger partial charge in [0, 0.05) is 29.8 Å². The Labute approximate surface area is 158 Å². The number of benzene rings is 1. The van der Waals surface area contributed by atoms with Crippen molar-refractivity contribution in [2.75, 3.05) is 6.54 Å². The molecule has 27 heavy (non-hydrogen) atoms. The molecular formula is C19H17N3O4S. The fraction of sp³-hybridized carbons (Fsp3) is 0.211. The van der Waals surface area contributed by atoms with Crippen LogP contribution in [-0.2, 0) is 6.54 Å². The molecule has 7 nitrogen and oxygen atoms in total. The average molecular weight is 383 g/mol. The molecule has 0 radical (unpaired) electrons. The third kappa shape index (κ3) is 3.56. The van der Waals surface area contributed by atoms with Crippen LogP contribution in [-0.4, -0.2) is 32.6 Å². The predicted molar refractivity (Wildman–Crippen MR) is 102 cm³/mol. The molecule has 4 aromatic rings. The number of nitrogens with zero attached hydrogens (tertiary/aromatic N) is 3. The third-order valence-electron chi connectivity index (χ3n) is 4.10. The van der Waals surface area contributed by atoms with E-state index < -0.39 is 6.09 Å². The van der Waals surface area contributed by atoms with Crippen LogP contribution < -0.4 is 4.74 Å². The summed E-state index contributed by atoms with van der Waals surface area (Å²) >= 11 is 1.42. The van der Waals surface area contributed by atoms with Crippen molar-refractivity contribution in [1.82, 2.24) is 14.9 Å². The molecule has 1 aromatic carbocycles. The molecule has 0 aliphatic carbocycles. The highest BCUT2D eigenvalue weighted by Gasteiger charge is 2.16. The molecule has 0 unspecified atom stereocenters. The van der Waals surface area contributed by atoms with Crippen molar-refractivity contribution < 1.29 is 19.1 Å². The Kier molecular flexibility index (Phi) is 4.64. The Morgan fingerprint density at radius 2 is 2.26 bits per heavy atom. The summed E-state index contributed by atoms with van der Waals surface area (Å²) in [4.78, 5) is 21.3. The molecule has 4 rings (SSSR count). The summed E-state index contributed by atoms with van der Waals surface area (Å²) in [5, 5.41) is 10.7. The number of amides is 1. The zero-order valence-corrected chi connectivity index (χ0v) is 15.4. The number of ether oxygens (including phenoxy) is 1. The summed E-state index contributed by atoms with van der Waals surface area (Å²) in [6, 6.07) is 9.29. The molecular weight excluding hydrogens is 366 g/mol. The van der Waals surface area contributed by atoms with Crippen LogP contribution in [0.25, 0.3) is 21.3 Å². The molecule has 3 heterocycles. The number of carboxylic acid groups (broad SMARTS) is 1. The van der Waals surface area contributed by atoms with E-state index in [9.17, 15) is 9.90 Å². The van der Waals surface area contributed by atoms with Crippen LogP contribution >= 0.6 is 11.3 Å². The number of hydrogen-bond acceptors (Lipinski definition) is 6. The number of rotatable bonds is 6. The largest absolute Gasteiger partial charge is 0.465 e. The quantitative estimate of drug-likeness (QED) is 0.497. The van der Waals surface area contributed by atoms with Gasteiger partial charge in [-0.25, -0.2) is 9.78 Å². The molecule has 0 aliphatic rings. The molecule has 0 saturated carbocycles. The number of fused-ring (bicyclic) bond motifs is 2. The lowest BCUT2D eigenvalue weighted by Crippen LogP contribution is -2.29. The molecule has 0 saturated heterocycles. The second-order valence-corrected chi connectivity index (χ2v) is 7.02. The Morgan fingerprint density at radius 1 is 1.37 bits per heavy atom. The molecule has 0 atom stereocenters. The van der Waals surface area contributed by atoms with E-state index in [-0.39, 0.29) is 0 Å². The zero-order valence-electron chi connectivity index (χ0n) is 14.6. The van der Waals surface area contributed by atoms with E-state index in [2.05, 4.69) is 9.97 Å². The highest BCUT2D eigenvalue weighted by atomic mass is 32.1. The van der Waals surface area contributed by atoms with Crippen LogP contribution in [0, 0.1) is 0 Å². The fourth-order valence-electron chi connectivity index (χ4n) is 2.86. The Morgan fingerprint density at radius 3 is 3.04 bits per heavy atom. The van der Waals surface area contributed by atoms with E-state index in [0.29, 0.717) is 35.3 Å². The topological polar surface area (TPSA) is 88.7 Å². The summed E-state index contributed by atoms with van der Waals surface area (Å²) in [5.74, 6) is 0.603. The molecule has 138 valence electrons. The summed E-state index contributed by atoms with van der Waals surface area (Å²) in [6.07, 6.45) is 3.12. The minimum Gasteiger partial charge on any atom is -0.465 e. The number of hydrogen-bond donors (Lipinski definition) is 1. The van der Waals surface area contributed by atoms with Crippen LogP contribution in [0.15, 0.2) is 47.2 Å². The monoisotopic (exact) mass is 383 g/mol. The molecule has 0 spiro atoms. The molecule has 1 N–H and O–H groups in total. The summed E-state index contributed by atoms with van der Waals surface area (Å²) < 4.78 is 12.4. The van der Waals surface area contributed by atoms with Gasteiger partial charge in [-0.05, 0) is 30.7 Å². The number of pyridine rings is 1. The van der Waals surface area contributed by atoms with E-state index in [1.807, 2.05) is 31.2 Å². The standard InChI is InChI=1S/C19H17N3O4S/c1-2-8-22(19(23)24)10-12-11-25-15-9-13(5-6-14(12)15)26-18-21-17-16(27-18)4-3-7-20-17/h3-7,9,11H,2,8,10H2,1H3,(H,23,24). The smallest absolute Gasteiger partial charge is 0.407 e. The highest BCUT2D eigenvalue weighted by Crippen LogP contribution is 2.33. The van der Waals surface area contributed by atoms with Gasteiger partial charge in [-0.1, -0.05) is 18.3 Å². The SMILES string of the molecule is CCCN(Cc1coc2cc(Oc3nc4ncccc4s3)ccc12)C(=O)O. The van der Waals surface area contributed by atoms with Crippen LogP contribution in [0.2, 0.25) is 0 Å². The lowest BCUT2D eigenvalue weighted by molar-refractivity contribution is 0.142. The van der Waals surface area contributed by atoms with Gasteiger partial charge in [0.1, 0.15) is 11.3 Å². The van der Waals surface area contributed by atoms with Gasteiger partial charge in [0.15, 0.2) is 5.65 Å². The van der Waals surface area contributed by atoms with Crippen LogP contribution in [0.1, 0.15) is 18.9 Å². The molecule has 0 bridgehead atoms. The van der Waals surface area contributed by atoms with Gasteiger partial charge in [0.2, 0.25) is 0 Å². The van der Waals surface area contributed by atoms with Gasteiger partial charge >= 0.3 is 6.09 Å². The van der Waals surface area contributed by atoms with Gasteiger partial charge < -0.3 is 19.2 Å². The van der Waals surface area contributed by atoms with Gasteiger partial charge in [-0.15, -0.1) is 0 Å². The molecule has 3 aromatic heterocycles. The Bertz CT molecular complexity index is 1070. The van der Waals surface area contributed by atoms with Gasteiger partial charge in [0.05, 0.1) is 17.5 Å². The highest BCUT2D eigenvalue weighted by molar-refractivity contribution is 7.20. The first-order chi connectivity index (χ1) is 13.1. The predicted octanol–water partition coefficient (Wildman–Crippen LogP) is 5.12. The van der Waals surface area contributed by atoms with Gasteiger partial charge in [0.25, 0.3) is 5.19 Å². The second kappa shape index (κ2) is 7.24.